The number of aromatic nitrogens is 8. The number of carbonyl (C=O) groups is 5. The second-order valence-electron chi connectivity index (χ2n) is 35.6. The summed E-state index contributed by atoms with van der Waals surface area (Å²) in [7, 11) is 1.90. The van der Waals surface area contributed by atoms with Crippen LogP contribution < -0.4 is 32.1 Å². The number of nitrogens with zero attached hydrogens (tertiary/aromatic N) is 3. The SMILES string of the molecule is C.Cc1cc(C(=O)NCCCc2ccc(-c3ccc4[nH]ccc4c3)cc2)n(C)c1.Cc1ccc(C(=O)NCCCc2ccc(-c3ccc4[nH]ccc4c3)cc2)cn1.Cc1ccccc1C(=O)NCCCc1ccc(-c2ccc3[nH]c(=O)ccc3c2)cc1.Cc1ccccc1C(=O)NCCCc1ccc(-c2ccc3[nH]ccc3c2)cc1.Cc1ncc(C(=O)NCCCc2ccc(-c3ccc4[nH]ccc4c3)cc2)s1. The van der Waals surface area contributed by atoms with Crippen molar-refractivity contribution in [3.8, 4) is 55.6 Å². The van der Waals surface area contributed by atoms with Crippen LogP contribution in [0.15, 0.2) is 364 Å². The highest BCUT2D eigenvalue weighted by atomic mass is 32.1. The molecule has 20 heteroatoms. The molecule has 8 aromatic heterocycles. The molecule has 142 heavy (non-hydrogen) atoms. The number of thiazole rings is 1. The lowest BCUT2D eigenvalue weighted by Crippen LogP contribution is -2.26. The van der Waals surface area contributed by atoms with Crippen LogP contribution in [0.2, 0.25) is 0 Å². The Morgan fingerprint density at radius 1 is 0.317 bits per heavy atom. The minimum Gasteiger partial charge on any atom is -0.361 e. The van der Waals surface area contributed by atoms with Gasteiger partial charge in [-0.15, -0.1) is 11.3 Å². The van der Waals surface area contributed by atoms with Gasteiger partial charge in [0, 0.05) is 127 Å². The maximum absolute atomic E-state index is 12.3. The molecule has 10 N–H and O–H groups in total. The zero-order valence-corrected chi connectivity index (χ0v) is 81.2. The van der Waals surface area contributed by atoms with E-state index in [1.807, 2.05) is 156 Å². The highest BCUT2D eigenvalue weighted by molar-refractivity contribution is 7.13. The first-order valence-electron chi connectivity index (χ1n) is 48.2. The minimum absolute atomic E-state index is 0. The van der Waals surface area contributed by atoms with E-state index >= 15 is 0 Å². The predicted octanol–water partition coefficient (Wildman–Crippen LogP) is 25.7. The van der Waals surface area contributed by atoms with Crippen molar-refractivity contribution in [3.63, 3.8) is 0 Å². The van der Waals surface area contributed by atoms with Crippen LogP contribution in [0.25, 0.3) is 110 Å². The summed E-state index contributed by atoms with van der Waals surface area (Å²) in [5.74, 6) is -0.111. The number of fused-ring (bicyclic) bond motifs is 5. The number of aryl methyl sites for hydroxylation is 11. The molecule has 0 bridgehead atoms. The highest BCUT2D eigenvalue weighted by Crippen LogP contribution is 2.32. The first kappa shape index (κ1) is 99.9. The maximum atomic E-state index is 12.3. The van der Waals surface area contributed by atoms with Crippen LogP contribution in [0.5, 0.6) is 0 Å². The van der Waals surface area contributed by atoms with Crippen molar-refractivity contribution >= 4 is 95.4 Å². The van der Waals surface area contributed by atoms with Crippen molar-refractivity contribution in [1.82, 2.24) is 66.0 Å². The standard InChI is InChI=1S/C26H24N2O2.C25H24N2O.C24H25N3O.C24H23N3O.C22H21N3OS.CH4/c1-18-5-2-3-7-23(18)26(30)27-16-4-6-19-8-10-20(11-9-19)21-12-14-24-22(17-21)13-15-25(29)28-24;1-18-5-2-3-7-23(18)25(28)27-15-4-6-19-8-10-20(11-9-19)21-12-13-24-22(17-21)14-16-26-24;1-17-14-23(27(2)16-17)24(28)26-12-3-4-18-5-7-19(8-6-18)20-9-10-22-21(15-20)11-13-25-22;1-17-4-7-22(16-27-17)24(28)26-13-2-3-18-5-8-19(9-6-18)20-10-11-23-21(15-20)12-14-25-23;1-15-25-14-21(27-15)22(26)24-11-2-3-16-4-6-17(7-5-16)18-8-9-20-19(13-18)10-12-23-20;/h2-3,5,7-15,17H,4,6,16H2,1H3,(H,27,30)(H,28,29);2-3,5,7-14,16-17,26H,4,6,15H2,1H3,(H,27,28);5-11,13-16,25H,3-4,12H2,1-2H3,(H,26,28);4-12,14-16,25H,2-3,13H2,1H3,(H,26,28);4-10,12-14,23H,2-3,11H2,1H3,(H,24,26);1H4. The maximum Gasteiger partial charge on any atom is 0.267 e. The van der Waals surface area contributed by atoms with Gasteiger partial charge in [0.2, 0.25) is 5.56 Å². The Bertz CT molecular complexity index is 7690. The summed E-state index contributed by atoms with van der Waals surface area (Å²) in [5, 5.41) is 21.8. The Labute approximate surface area is 833 Å². The molecule has 5 amide bonds. The Morgan fingerprint density at radius 3 is 0.965 bits per heavy atom. The quantitative estimate of drug-likeness (QED) is 0.0193. The lowest BCUT2D eigenvalue weighted by Gasteiger charge is -2.08. The van der Waals surface area contributed by atoms with Crippen molar-refractivity contribution in [1.29, 1.82) is 0 Å². The van der Waals surface area contributed by atoms with Gasteiger partial charge in [-0.1, -0.05) is 195 Å². The van der Waals surface area contributed by atoms with Crippen molar-refractivity contribution < 1.29 is 24.0 Å². The van der Waals surface area contributed by atoms with Crippen LogP contribution in [0.4, 0.5) is 0 Å². The van der Waals surface area contributed by atoms with Crippen LogP contribution in [0.1, 0.15) is 146 Å². The summed E-state index contributed by atoms with van der Waals surface area (Å²) < 4.78 is 1.87. The predicted molar refractivity (Wildman–Crippen MR) is 583 cm³/mol. The summed E-state index contributed by atoms with van der Waals surface area (Å²) in [6.07, 6.45) is 22.3. The molecule has 0 fully saturated rings. The van der Waals surface area contributed by atoms with Crippen LogP contribution in [0.3, 0.4) is 0 Å². The van der Waals surface area contributed by atoms with Gasteiger partial charge < -0.3 is 56.1 Å². The molecule has 0 spiro atoms. The number of rotatable bonds is 30. The van der Waals surface area contributed by atoms with Gasteiger partial charge in [-0.25, -0.2) is 4.98 Å². The molecule has 716 valence electrons. The third kappa shape index (κ3) is 27.5. The second kappa shape index (κ2) is 49.1. The van der Waals surface area contributed by atoms with Crippen molar-refractivity contribution in [2.24, 2.45) is 7.05 Å². The van der Waals surface area contributed by atoms with Crippen LogP contribution in [0, 0.1) is 34.6 Å². The van der Waals surface area contributed by atoms with Gasteiger partial charge in [0.1, 0.15) is 10.6 Å². The van der Waals surface area contributed by atoms with Gasteiger partial charge in [0.25, 0.3) is 29.5 Å². The fourth-order valence-electron chi connectivity index (χ4n) is 17.2. The van der Waals surface area contributed by atoms with Gasteiger partial charge in [0.15, 0.2) is 0 Å². The number of amides is 5. The number of H-pyrrole nitrogens is 5. The summed E-state index contributed by atoms with van der Waals surface area (Å²) in [6, 6.07) is 108. The summed E-state index contributed by atoms with van der Waals surface area (Å²) in [4.78, 5) is 96.9. The number of pyridine rings is 2. The molecule has 0 aliphatic carbocycles. The molecule has 0 unspecified atom stereocenters. The molecule has 0 aliphatic rings. The summed E-state index contributed by atoms with van der Waals surface area (Å²) in [5.41, 5.74) is 30.6. The number of aromatic amines is 5. The molecule has 0 saturated heterocycles. The molecule has 8 heterocycles. The minimum atomic E-state index is -0.0882. The van der Waals surface area contributed by atoms with E-state index < -0.39 is 0 Å². The monoisotopic (exact) mass is 1900 g/mol. The van der Waals surface area contributed by atoms with Gasteiger partial charge in [-0.3, -0.25) is 33.8 Å². The van der Waals surface area contributed by atoms with Crippen molar-refractivity contribution in [2.75, 3.05) is 32.7 Å². The van der Waals surface area contributed by atoms with E-state index in [1.54, 1.807) is 24.5 Å². The van der Waals surface area contributed by atoms with E-state index in [0.29, 0.717) is 48.9 Å². The number of nitrogens with one attached hydrogen (secondary N) is 10. The van der Waals surface area contributed by atoms with Gasteiger partial charge in [0.05, 0.1) is 16.8 Å². The normalized spacial score (nSPS) is 10.9. The Morgan fingerprint density at radius 2 is 0.641 bits per heavy atom. The average molecular weight is 1900 g/mol. The van der Waals surface area contributed by atoms with E-state index in [2.05, 4.69) is 286 Å². The highest BCUT2D eigenvalue weighted by Gasteiger charge is 2.16. The van der Waals surface area contributed by atoms with Crippen LogP contribution in [-0.4, -0.2) is 102 Å². The lowest BCUT2D eigenvalue weighted by atomic mass is 10.0. The van der Waals surface area contributed by atoms with E-state index in [1.165, 1.54) is 105 Å². The fourth-order valence-corrected chi connectivity index (χ4v) is 17.9. The molecular formula is C122H121N13O6S. The van der Waals surface area contributed by atoms with E-state index in [-0.39, 0.29) is 42.5 Å². The first-order valence-corrected chi connectivity index (χ1v) is 49.0. The molecule has 0 radical (unpaired) electrons. The van der Waals surface area contributed by atoms with E-state index in [0.717, 1.165) is 147 Å². The second-order valence-corrected chi connectivity index (χ2v) is 36.8. The smallest absolute Gasteiger partial charge is 0.267 e. The molecule has 0 saturated carbocycles. The molecule has 12 aromatic carbocycles. The van der Waals surface area contributed by atoms with Crippen molar-refractivity contribution in [2.45, 2.75) is 106 Å². The number of hydrogen-bond acceptors (Lipinski definition) is 9. The van der Waals surface area contributed by atoms with E-state index in [9.17, 15) is 28.8 Å². The third-order valence-electron chi connectivity index (χ3n) is 25.2. The fraction of sp³-hybridized carbons (Fsp3) is 0.180. The summed E-state index contributed by atoms with van der Waals surface area (Å²) >= 11 is 1.43. The Balaban J connectivity index is 0.000000134. The number of hydrogen-bond donors (Lipinski definition) is 10. The Hall–Kier alpha value is -16.6. The molecule has 20 rings (SSSR count). The number of carbonyl (C=O) groups excluding carboxylic acids is 5. The van der Waals surface area contributed by atoms with Gasteiger partial charge in [-0.05, 0) is 347 Å². The van der Waals surface area contributed by atoms with Crippen LogP contribution in [-0.2, 0) is 39.2 Å². The Kier molecular flexibility index (Phi) is 34.6. The molecule has 20 aromatic rings. The average Bonchev–Trinajstić information content (AvgIpc) is 1.47. The zero-order valence-electron chi connectivity index (χ0n) is 80.4. The topological polar surface area (TPSA) is 272 Å². The third-order valence-corrected chi connectivity index (χ3v) is 26.1. The molecule has 0 aliphatic heterocycles. The van der Waals surface area contributed by atoms with Gasteiger partial charge in [-0.2, -0.15) is 0 Å². The largest absolute Gasteiger partial charge is 0.361 e. The summed E-state index contributed by atoms with van der Waals surface area (Å²) in [6.45, 7) is 13.0. The molecule has 0 atom stereocenters. The molecule has 19 nitrogen and oxygen atoms in total. The first-order chi connectivity index (χ1) is 68.8. The molecular weight excluding hydrogens is 1780 g/mol. The number of benzene rings is 12. The van der Waals surface area contributed by atoms with E-state index in [4.69, 9.17) is 0 Å². The van der Waals surface area contributed by atoms with Crippen LogP contribution >= 0.6 is 11.3 Å². The zero-order chi connectivity index (χ0) is 97.8. The van der Waals surface area contributed by atoms with Gasteiger partial charge >= 0.3 is 0 Å². The lowest BCUT2D eigenvalue weighted by molar-refractivity contribution is 0.0938. The van der Waals surface area contributed by atoms with Crippen molar-refractivity contribution in [3.05, 3.63) is 452 Å².